The minimum Gasteiger partial charge on any atom is -0.493 e. The molecule has 0 unspecified atom stereocenters. The number of hydrogen-bond acceptors (Lipinski definition) is 5. The highest BCUT2D eigenvalue weighted by Crippen LogP contribution is 2.33. The van der Waals surface area contributed by atoms with Crippen LogP contribution in [0.15, 0.2) is 65.8 Å². The van der Waals surface area contributed by atoms with Crippen LogP contribution in [0.25, 0.3) is 0 Å². The second kappa shape index (κ2) is 11.4. The maximum atomic E-state index is 13.0. The van der Waals surface area contributed by atoms with E-state index < -0.39 is 5.91 Å². The number of hydrogen-bond donors (Lipinski definition) is 2. The zero-order valence-corrected chi connectivity index (χ0v) is 20.1. The predicted octanol–water partition coefficient (Wildman–Crippen LogP) is 4.53. The van der Waals surface area contributed by atoms with Crippen LogP contribution in [0.3, 0.4) is 0 Å². The van der Waals surface area contributed by atoms with E-state index in [1.165, 1.54) is 37.6 Å². The Labute approximate surface area is 204 Å². The number of aryl methyl sites for hydroxylation is 1. The Kier molecular flexibility index (Phi) is 8.36. The average Bonchev–Trinajstić information content (AvgIpc) is 2.80. The van der Waals surface area contributed by atoms with E-state index in [2.05, 4.69) is 38.4 Å². The van der Waals surface area contributed by atoms with Gasteiger partial charge in [0.15, 0.2) is 18.1 Å². The van der Waals surface area contributed by atoms with Gasteiger partial charge in [-0.3, -0.25) is 9.59 Å². The number of ether oxygens (including phenoxy) is 2. The number of carbonyl (C=O) groups excluding carboxylic acids is 2. The highest BCUT2D eigenvalue weighted by Gasteiger charge is 2.13. The molecule has 0 fully saturated rings. The number of nitrogens with one attached hydrogen (secondary N) is 2. The van der Waals surface area contributed by atoms with Crippen molar-refractivity contribution in [3.05, 3.63) is 86.7 Å². The molecule has 0 aromatic heterocycles. The highest BCUT2D eigenvalue weighted by molar-refractivity contribution is 14.1. The third-order valence-corrected chi connectivity index (χ3v) is 5.22. The normalized spacial score (nSPS) is 10.7. The molecule has 2 N–H and O–H groups in total. The molecule has 0 heterocycles. The van der Waals surface area contributed by atoms with Crippen LogP contribution in [-0.4, -0.2) is 31.7 Å². The lowest BCUT2D eigenvalue weighted by Crippen LogP contribution is -2.20. The summed E-state index contributed by atoms with van der Waals surface area (Å²) in [6.45, 7) is 1.68. The largest absolute Gasteiger partial charge is 0.493 e. The number of anilines is 1. The number of hydrazone groups is 1. The lowest BCUT2D eigenvalue weighted by Gasteiger charge is -2.13. The summed E-state index contributed by atoms with van der Waals surface area (Å²) in [6, 6.07) is 16.0. The third kappa shape index (κ3) is 7.01. The summed E-state index contributed by atoms with van der Waals surface area (Å²) >= 11 is 2.06. The molecule has 0 aliphatic carbocycles. The molecule has 2 amide bonds. The van der Waals surface area contributed by atoms with Gasteiger partial charge in [-0.2, -0.15) is 5.10 Å². The molecule has 0 radical (unpaired) electrons. The van der Waals surface area contributed by atoms with Crippen molar-refractivity contribution in [1.29, 1.82) is 0 Å². The summed E-state index contributed by atoms with van der Waals surface area (Å²) in [7, 11) is 1.48. The zero-order valence-electron chi connectivity index (χ0n) is 17.9. The first-order valence-electron chi connectivity index (χ1n) is 9.81. The molecular weight excluding hydrogens is 540 g/mol. The number of halogens is 2. The highest BCUT2D eigenvalue weighted by atomic mass is 127. The van der Waals surface area contributed by atoms with Crippen LogP contribution in [-0.2, 0) is 4.79 Å². The van der Waals surface area contributed by atoms with Crippen LogP contribution in [0, 0.1) is 16.3 Å². The minimum atomic E-state index is -0.399. The Hall–Kier alpha value is -3.47. The van der Waals surface area contributed by atoms with Crippen molar-refractivity contribution in [3.8, 4) is 11.5 Å². The lowest BCUT2D eigenvalue weighted by atomic mass is 10.1. The van der Waals surface area contributed by atoms with Crippen molar-refractivity contribution in [2.24, 2.45) is 5.10 Å². The topological polar surface area (TPSA) is 89.0 Å². The number of nitrogens with zero attached hydrogens (tertiary/aromatic N) is 1. The molecule has 0 aliphatic rings. The van der Waals surface area contributed by atoms with Crippen molar-refractivity contribution in [1.82, 2.24) is 5.43 Å². The predicted molar refractivity (Wildman–Crippen MR) is 132 cm³/mol. The van der Waals surface area contributed by atoms with Crippen molar-refractivity contribution in [2.45, 2.75) is 6.92 Å². The molecule has 3 rings (SSSR count). The molecule has 0 atom stereocenters. The summed E-state index contributed by atoms with van der Waals surface area (Å²) in [5, 5.41) is 6.63. The number of methoxy groups -OCH3 is 1. The SMILES string of the molecule is COc1cc(/C=N/NC(=O)c2ccc(C)cc2)cc(I)c1OCC(=O)Nc1ccc(F)cc1. The Morgan fingerprint density at radius 3 is 2.45 bits per heavy atom. The Bertz CT molecular complexity index is 1170. The van der Waals surface area contributed by atoms with Crippen molar-refractivity contribution in [3.63, 3.8) is 0 Å². The number of rotatable bonds is 8. The fourth-order valence-electron chi connectivity index (χ4n) is 2.76. The molecule has 7 nitrogen and oxygen atoms in total. The van der Waals surface area contributed by atoms with Gasteiger partial charge >= 0.3 is 0 Å². The molecular formula is C24H21FIN3O4. The maximum Gasteiger partial charge on any atom is 0.271 e. The summed E-state index contributed by atoms with van der Waals surface area (Å²) in [6.07, 6.45) is 1.49. The van der Waals surface area contributed by atoms with Gasteiger partial charge in [-0.1, -0.05) is 17.7 Å². The van der Waals surface area contributed by atoms with E-state index in [1.807, 2.05) is 19.1 Å². The van der Waals surface area contributed by atoms with E-state index in [0.717, 1.165) is 5.56 Å². The molecule has 3 aromatic rings. The second-order valence-corrected chi connectivity index (χ2v) is 8.11. The van der Waals surface area contributed by atoms with E-state index in [0.29, 0.717) is 31.9 Å². The van der Waals surface area contributed by atoms with Gasteiger partial charge in [0, 0.05) is 11.3 Å². The third-order valence-electron chi connectivity index (χ3n) is 4.42. The average molecular weight is 561 g/mol. The van der Waals surface area contributed by atoms with Crippen molar-refractivity contribution >= 4 is 46.3 Å². The Morgan fingerprint density at radius 2 is 1.79 bits per heavy atom. The molecule has 3 aromatic carbocycles. The first kappa shape index (κ1) is 24.2. The van der Waals surface area contributed by atoms with Crippen LogP contribution in [0.4, 0.5) is 10.1 Å². The Balaban J connectivity index is 1.62. The quantitative estimate of drug-likeness (QED) is 0.241. The minimum absolute atomic E-state index is 0.260. The molecule has 0 saturated carbocycles. The summed E-state index contributed by atoms with van der Waals surface area (Å²) < 4.78 is 24.7. The fourth-order valence-corrected chi connectivity index (χ4v) is 3.54. The molecule has 0 saturated heterocycles. The van der Waals surface area contributed by atoms with Crippen LogP contribution in [0.5, 0.6) is 11.5 Å². The fraction of sp³-hybridized carbons (Fsp3) is 0.125. The number of benzene rings is 3. The van der Waals surface area contributed by atoms with Crippen molar-refractivity contribution in [2.75, 3.05) is 19.0 Å². The Morgan fingerprint density at radius 1 is 1.09 bits per heavy atom. The van der Waals surface area contributed by atoms with E-state index in [1.54, 1.807) is 24.3 Å². The van der Waals surface area contributed by atoms with E-state index in [9.17, 15) is 14.0 Å². The molecule has 9 heteroatoms. The number of carbonyl (C=O) groups is 2. The summed E-state index contributed by atoms with van der Waals surface area (Å²) in [4.78, 5) is 24.3. The van der Waals surface area contributed by atoms with Crippen LogP contribution in [0.1, 0.15) is 21.5 Å². The van der Waals surface area contributed by atoms with Gasteiger partial charge in [0.05, 0.1) is 16.9 Å². The van der Waals surface area contributed by atoms with Gasteiger partial charge in [0.1, 0.15) is 5.82 Å². The van der Waals surface area contributed by atoms with E-state index >= 15 is 0 Å². The molecule has 170 valence electrons. The van der Waals surface area contributed by atoms with Gasteiger partial charge in [-0.15, -0.1) is 0 Å². The van der Waals surface area contributed by atoms with Gasteiger partial charge in [0.2, 0.25) is 0 Å². The van der Waals surface area contributed by atoms with Gasteiger partial charge in [0.25, 0.3) is 11.8 Å². The molecule has 0 bridgehead atoms. The van der Waals surface area contributed by atoms with E-state index in [4.69, 9.17) is 9.47 Å². The van der Waals surface area contributed by atoms with Crippen LogP contribution in [0.2, 0.25) is 0 Å². The van der Waals surface area contributed by atoms with Crippen LogP contribution >= 0.6 is 22.6 Å². The first-order valence-corrected chi connectivity index (χ1v) is 10.9. The standard InChI is InChI=1S/C24H21FIN3O4/c1-15-3-5-17(6-4-15)24(31)29-27-13-16-11-20(26)23(21(12-16)32-2)33-14-22(30)28-19-9-7-18(25)8-10-19/h3-13H,14H2,1-2H3,(H,28,30)(H,29,31)/b27-13+. The van der Waals surface area contributed by atoms with Gasteiger partial charge in [-0.05, 0) is 83.6 Å². The molecule has 33 heavy (non-hydrogen) atoms. The van der Waals surface area contributed by atoms with Crippen LogP contribution < -0.4 is 20.2 Å². The monoisotopic (exact) mass is 561 g/mol. The number of amides is 2. The molecule has 0 aliphatic heterocycles. The van der Waals surface area contributed by atoms with E-state index in [-0.39, 0.29) is 18.3 Å². The second-order valence-electron chi connectivity index (χ2n) is 6.94. The summed E-state index contributed by atoms with van der Waals surface area (Å²) in [5.41, 5.74) is 5.19. The summed E-state index contributed by atoms with van der Waals surface area (Å²) in [5.74, 6) is -0.304. The van der Waals surface area contributed by atoms with Crippen molar-refractivity contribution < 1.29 is 23.5 Å². The molecule has 0 spiro atoms. The lowest BCUT2D eigenvalue weighted by molar-refractivity contribution is -0.118. The smallest absolute Gasteiger partial charge is 0.271 e. The van der Waals surface area contributed by atoms with Gasteiger partial charge in [-0.25, -0.2) is 9.82 Å². The zero-order chi connectivity index (χ0) is 23.8. The maximum absolute atomic E-state index is 13.0. The van der Waals surface area contributed by atoms with Gasteiger partial charge < -0.3 is 14.8 Å². The first-order chi connectivity index (χ1) is 15.9.